The second-order valence-electron chi connectivity index (χ2n) is 8.10. The molecule has 2 aromatic carbocycles. The summed E-state index contributed by atoms with van der Waals surface area (Å²) in [6, 6.07) is 9.82. The Bertz CT molecular complexity index is 970. The van der Waals surface area contributed by atoms with Crippen molar-refractivity contribution in [3.63, 3.8) is 0 Å². The van der Waals surface area contributed by atoms with Crippen LogP contribution in [0.15, 0.2) is 36.4 Å². The SMILES string of the molecule is CCCCCNc1c(C(=O)O)cccc1C(=O)NC(=O)NCc1c(C)cccc1C(C)C. The van der Waals surface area contributed by atoms with Gasteiger partial charge in [0, 0.05) is 13.1 Å². The maximum absolute atomic E-state index is 12.8. The predicted octanol–water partition coefficient (Wildman–Crippen LogP) is 5.06. The Morgan fingerprint density at radius 1 is 1.00 bits per heavy atom. The van der Waals surface area contributed by atoms with E-state index >= 15 is 0 Å². The average molecular weight is 440 g/mol. The van der Waals surface area contributed by atoms with Crippen LogP contribution in [0.4, 0.5) is 10.5 Å². The molecule has 0 spiro atoms. The molecule has 0 bridgehead atoms. The number of hydrogen-bond donors (Lipinski definition) is 4. The summed E-state index contributed by atoms with van der Waals surface area (Å²) < 4.78 is 0. The molecule has 0 saturated carbocycles. The number of carbonyl (C=O) groups is 3. The molecule has 0 radical (unpaired) electrons. The quantitative estimate of drug-likeness (QED) is 0.387. The molecular formula is C25H33N3O4. The van der Waals surface area contributed by atoms with Gasteiger partial charge in [-0.05, 0) is 48.1 Å². The lowest BCUT2D eigenvalue weighted by molar-refractivity contribution is 0.0698. The van der Waals surface area contributed by atoms with Crippen LogP contribution in [-0.4, -0.2) is 29.6 Å². The first-order valence-electron chi connectivity index (χ1n) is 11.0. The number of para-hydroxylation sites is 1. The second-order valence-corrected chi connectivity index (χ2v) is 8.10. The van der Waals surface area contributed by atoms with Crippen molar-refractivity contribution in [2.75, 3.05) is 11.9 Å². The molecule has 0 heterocycles. The zero-order valence-electron chi connectivity index (χ0n) is 19.2. The molecule has 3 amide bonds. The third-order valence-electron chi connectivity index (χ3n) is 5.34. The van der Waals surface area contributed by atoms with Crippen LogP contribution in [0.25, 0.3) is 0 Å². The van der Waals surface area contributed by atoms with Crippen LogP contribution in [-0.2, 0) is 6.54 Å². The van der Waals surface area contributed by atoms with E-state index in [9.17, 15) is 19.5 Å². The van der Waals surface area contributed by atoms with E-state index in [2.05, 4.69) is 36.7 Å². The number of unbranched alkanes of at least 4 members (excludes halogenated alkanes) is 2. The summed E-state index contributed by atoms with van der Waals surface area (Å²) >= 11 is 0. The van der Waals surface area contributed by atoms with Crippen LogP contribution < -0.4 is 16.0 Å². The van der Waals surface area contributed by atoms with E-state index in [1.807, 2.05) is 25.1 Å². The van der Waals surface area contributed by atoms with Crippen LogP contribution >= 0.6 is 0 Å². The number of hydrogen-bond acceptors (Lipinski definition) is 4. The molecule has 32 heavy (non-hydrogen) atoms. The van der Waals surface area contributed by atoms with Crippen molar-refractivity contribution in [2.45, 2.75) is 59.4 Å². The fourth-order valence-electron chi connectivity index (χ4n) is 3.59. The number of imide groups is 1. The van der Waals surface area contributed by atoms with Gasteiger partial charge in [0.15, 0.2) is 0 Å². The Labute approximate surface area is 189 Å². The van der Waals surface area contributed by atoms with E-state index in [0.717, 1.165) is 36.0 Å². The van der Waals surface area contributed by atoms with Crippen molar-refractivity contribution in [3.05, 3.63) is 64.2 Å². The summed E-state index contributed by atoms with van der Waals surface area (Å²) in [7, 11) is 0. The topological polar surface area (TPSA) is 108 Å². The Kier molecular flexibility index (Phi) is 9.25. The molecule has 0 aromatic heterocycles. The summed E-state index contributed by atoms with van der Waals surface area (Å²) in [5, 5.41) is 17.6. The van der Waals surface area contributed by atoms with Gasteiger partial charge in [-0.25, -0.2) is 9.59 Å². The molecule has 7 nitrogen and oxygen atoms in total. The number of aromatic carboxylic acids is 1. The van der Waals surface area contributed by atoms with Gasteiger partial charge in [-0.1, -0.05) is 57.9 Å². The highest BCUT2D eigenvalue weighted by Crippen LogP contribution is 2.23. The third kappa shape index (κ3) is 6.57. The Morgan fingerprint density at radius 2 is 1.69 bits per heavy atom. The largest absolute Gasteiger partial charge is 0.478 e. The number of carboxylic acids is 1. The summed E-state index contributed by atoms with van der Waals surface area (Å²) in [6.07, 6.45) is 2.86. The Balaban J connectivity index is 2.13. The summed E-state index contributed by atoms with van der Waals surface area (Å²) in [5.74, 6) is -1.49. The van der Waals surface area contributed by atoms with Gasteiger partial charge in [0.2, 0.25) is 0 Å². The number of carbonyl (C=O) groups excluding carboxylic acids is 2. The smallest absolute Gasteiger partial charge is 0.337 e. The number of rotatable bonds is 10. The van der Waals surface area contributed by atoms with E-state index in [4.69, 9.17) is 0 Å². The zero-order valence-corrected chi connectivity index (χ0v) is 19.2. The fraction of sp³-hybridized carbons (Fsp3) is 0.400. The van der Waals surface area contributed by atoms with Crippen LogP contribution in [0.2, 0.25) is 0 Å². The molecule has 2 aromatic rings. The van der Waals surface area contributed by atoms with E-state index in [1.165, 1.54) is 18.2 Å². The van der Waals surface area contributed by atoms with Gasteiger partial charge < -0.3 is 15.7 Å². The van der Waals surface area contributed by atoms with E-state index in [1.54, 1.807) is 0 Å². The molecule has 172 valence electrons. The molecule has 0 aliphatic heterocycles. The Morgan fingerprint density at radius 3 is 2.34 bits per heavy atom. The first kappa shape index (κ1) is 24.9. The molecule has 0 atom stereocenters. The van der Waals surface area contributed by atoms with Crippen LogP contribution in [0.3, 0.4) is 0 Å². The first-order chi connectivity index (χ1) is 15.3. The number of amides is 3. The number of aryl methyl sites for hydroxylation is 1. The molecule has 2 rings (SSSR count). The maximum Gasteiger partial charge on any atom is 0.337 e. The molecule has 0 aliphatic carbocycles. The third-order valence-corrected chi connectivity index (χ3v) is 5.34. The summed E-state index contributed by atoms with van der Waals surface area (Å²) in [4.78, 5) is 36.9. The second kappa shape index (κ2) is 11.9. The monoisotopic (exact) mass is 439 g/mol. The molecule has 0 unspecified atom stereocenters. The van der Waals surface area contributed by atoms with Crippen LogP contribution in [0.1, 0.15) is 83.4 Å². The van der Waals surface area contributed by atoms with Gasteiger partial charge in [-0.3, -0.25) is 10.1 Å². The highest BCUT2D eigenvalue weighted by atomic mass is 16.4. The average Bonchev–Trinajstić information content (AvgIpc) is 2.75. The first-order valence-corrected chi connectivity index (χ1v) is 11.0. The van der Waals surface area contributed by atoms with Gasteiger partial charge in [0.1, 0.15) is 0 Å². The lowest BCUT2D eigenvalue weighted by Crippen LogP contribution is -2.39. The Hall–Kier alpha value is -3.35. The number of benzene rings is 2. The van der Waals surface area contributed by atoms with Gasteiger partial charge in [0.25, 0.3) is 5.91 Å². The zero-order chi connectivity index (χ0) is 23.7. The van der Waals surface area contributed by atoms with Crippen LogP contribution in [0, 0.1) is 6.92 Å². The number of carboxylic acid groups (broad SMARTS) is 1. The minimum atomic E-state index is -1.14. The van der Waals surface area contributed by atoms with Gasteiger partial charge >= 0.3 is 12.0 Å². The van der Waals surface area contributed by atoms with Gasteiger partial charge in [-0.15, -0.1) is 0 Å². The molecule has 7 heteroatoms. The van der Waals surface area contributed by atoms with Crippen molar-refractivity contribution >= 4 is 23.6 Å². The predicted molar refractivity (Wildman–Crippen MR) is 126 cm³/mol. The summed E-state index contributed by atoms with van der Waals surface area (Å²) in [5.41, 5.74) is 3.57. The number of nitrogens with one attached hydrogen (secondary N) is 3. The van der Waals surface area contributed by atoms with E-state index in [-0.39, 0.29) is 23.4 Å². The molecule has 0 fully saturated rings. The van der Waals surface area contributed by atoms with Crippen molar-refractivity contribution in [2.24, 2.45) is 0 Å². The van der Waals surface area contributed by atoms with Crippen molar-refractivity contribution < 1.29 is 19.5 Å². The molecule has 0 aliphatic rings. The lowest BCUT2D eigenvalue weighted by Gasteiger charge is -2.17. The van der Waals surface area contributed by atoms with Gasteiger partial charge in [-0.2, -0.15) is 0 Å². The maximum atomic E-state index is 12.8. The van der Waals surface area contributed by atoms with Crippen LogP contribution in [0.5, 0.6) is 0 Å². The molecular weight excluding hydrogens is 406 g/mol. The summed E-state index contributed by atoms with van der Waals surface area (Å²) in [6.45, 7) is 9.06. The minimum Gasteiger partial charge on any atom is -0.478 e. The fourth-order valence-corrected chi connectivity index (χ4v) is 3.59. The van der Waals surface area contributed by atoms with Crippen molar-refractivity contribution in [1.82, 2.24) is 10.6 Å². The highest BCUT2D eigenvalue weighted by molar-refractivity contribution is 6.10. The number of anilines is 1. The molecule has 4 N–H and O–H groups in total. The van der Waals surface area contributed by atoms with Gasteiger partial charge in [0.05, 0.1) is 16.8 Å². The lowest BCUT2D eigenvalue weighted by atomic mass is 9.94. The van der Waals surface area contributed by atoms with E-state index < -0.39 is 17.9 Å². The normalized spacial score (nSPS) is 10.7. The van der Waals surface area contributed by atoms with E-state index in [0.29, 0.717) is 12.5 Å². The van der Waals surface area contributed by atoms with Crippen molar-refractivity contribution in [1.29, 1.82) is 0 Å². The molecule has 0 saturated heterocycles. The number of urea groups is 1. The highest BCUT2D eigenvalue weighted by Gasteiger charge is 2.20. The minimum absolute atomic E-state index is 0.00366. The van der Waals surface area contributed by atoms with Crippen molar-refractivity contribution in [3.8, 4) is 0 Å². The standard InChI is InChI=1S/C25H33N3O4/c1-5-6-7-14-26-22-19(12-9-13-20(22)24(30)31)23(29)28-25(32)27-15-21-17(4)10-8-11-18(21)16(2)3/h8-13,16,26H,5-7,14-15H2,1-4H3,(H,30,31)(H2,27,28,29,32).